The van der Waals surface area contributed by atoms with Gasteiger partial charge in [-0.2, -0.15) is 0 Å². The number of thiazole rings is 1. The summed E-state index contributed by atoms with van der Waals surface area (Å²) in [4.78, 5) is 31.6. The van der Waals surface area contributed by atoms with Gasteiger partial charge in [0.1, 0.15) is 4.70 Å². The van der Waals surface area contributed by atoms with Crippen LogP contribution in [0.5, 0.6) is 0 Å². The first kappa shape index (κ1) is 20.1. The summed E-state index contributed by atoms with van der Waals surface area (Å²) >= 11 is 13.8. The van der Waals surface area contributed by atoms with Gasteiger partial charge >= 0.3 is 0 Å². The van der Waals surface area contributed by atoms with E-state index in [1.165, 1.54) is 23.1 Å². The molecule has 0 bridgehead atoms. The van der Waals surface area contributed by atoms with Crippen molar-refractivity contribution >= 4 is 63.2 Å². The largest absolute Gasteiger partial charge is 0.355 e. The van der Waals surface area contributed by atoms with Crippen LogP contribution in [0, 0.1) is 3.95 Å². The van der Waals surface area contributed by atoms with Gasteiger partial charge in [0, 0.05) is 17.3 Å². The molecule has 3 aromatic rings. The maximum atomic E-state index is 12.4. The second-order valence-corrected chi connectivity index (χ2v) is 8.74. The van der Waals surface area contributed by atoms with Crippen molar-refractivity contribution in [1.82, 2.24) is 19.9 Å². The molecule has 2 heterocycles. The van der Waals surface area contributed by atoms with E-state index < -0.39 is 0 Å². The Morgan fingerprint density at radius 3 is 2.85 bits per heavy atom. The average molecular weight is 441 g/mol. The number of rotatable bonds is 7. The summed E-state index contributed by atoms with van der Waals surface area (Å²) < 4.78 is 2.71. The Kier molecular flexibility index (Phi) is 6.69. The van der Waals surface area contributed by atoms with Gasteiger partial charge in [0.05, 0.1) is 5.75 Å². The molecule has 2 aromatic heterocycles. The number of halogens is 1. The molecule has 0 aliphatic rings. The minimum atomic E-state index is -0.266. The second kappa shape index (κ2) is 9.01. The minimum absolute atomic E-state index is 0.0870. The van der Waals surface area contributed by atoms with Gasteiger partial charge in [-0.15, -0.1) is 0 Å². The number of amides is 1. The zero-order valence-electron chi connectivity index (χ0n) is 14.5. The van der Waals surface area contributed by atoms with E-state index in [4.69, 9.17) is 23.8 Å². The summed E-state index contributed by atoms with van der Waals surface area (Å²) in [6.07, 6.45) is 1.96. The first-order valence-electron chi connectivity index (χ1n) is 8.31. The molecule has 0 unspecified atom stereocenters. The van der Waals surface area contributed by atoms with Gasteiger partial charge in [-0.05, 0) is 42.9 Å². The molecular formula is C17H17ClN4O2S3. The smallest absolute Gasteiger partial charge is 0.271 e. The number of benzene rings is 1. The number of fused-ring (bicyclic) bond motifs is 1. The Hall–Kier alpha value is -1.68. The van der Waals surface area contributed by atoms with Gasteiger partial charge in [0.2, 0.25) is 5.91 Å². The molecule has 3 rings (SSSR count). The Balaban J connectivity index is 1.90. The maximum absolute atomic E-state index is 12.4. The number of aromatic amines is 1. The molecule has 0 aliphatic heterocycles. The fourth-order valence-corrected chi connectivity index (χ4v) is 4.45. The highest BCUT2D eigenvalue weighted by Gasteiger charge is 2.14. The minimum Gasteiger partial charge on any atom is -0.355 e. The third-order valence-electron chi connectivity index (χ3n) is 3.70. The van der Waals surface area contributed by atoms with E-state index in [1.54, 1.807) is 16.7 Å². The van der Waals surface area contributed by atoms with Crippen molar-refractivity contribution in [2.75, 3.05) is 12.3 Å². The number of hydrogen-bond donors (Lipinski definition) is 2. The molecule has 2 N–H and O–H groups in total. The monoisotopic (exact) mass is 440 g/mol. The highest BCUT2D eigenvalue weighted by atomic mass is 35.5. The Labute approximate surface area is 174 Å². The first-order chi connectivity index (χ1) is 13.0. The number of carbonyl (C=O) groups is 1. The normalized spacial score (nSPS) is 11.0. The van der Waals surface area contributed by atoms with E-state index in [1.807, 2.05) is 12.1 Å². The van der Waals surface area contributed by atoms with Gasteiger partial charge < -0.3 is 10.3 Å². The summed E-state index contributed by atoms with van der Waals surface area (Å²) in [6.45, 7) is 2.72. The number of nitrogens with one attached hydrogen (secondary N) is 2. The lowest BCUT2D eigenvalue weighted by molar-refractivity contribution is -0.118. The van der Waals surface area contributed by atoms with E-state index in [0.717, 1.165) is 18.5 Å². The molecule has 0 fully saturated rings. The van der Waals surface area contributed by atoms with Crippen LogP contribution in [-0.2, 0) is 4.79 Å². The number of H-pyrrole nitrogens is 1. The van der Waals surface area contributed by atoms with Crippen LogP contribution in [0.2, 0.25) is 5.02 Å². The lowest BCUT2D eigenvalue weighted by atomic mass is 10.3. The Morgan fingerprint density at radius 1 is 1.41 bits per heavy atom. The van der Waals surface area contributed by atoms with Crippen molar-refractivity contribution in [2.24, 2.45) is 0 Å². The van der Waals surface area contributed by atoms with Crippen molar-refractivity contribution in [2.45, 2.75) is 24.9 Å². The van der Waals surface area contributed by atoms with Gasteiger partial charge in [-0.25, -0.2) is 4.98 Å². The van der Waals surface area contributed by atoms with Crippen molar-refractivity contribution in [3.8, 4) is 5.69 Å². The van der Waals surface area contributed by atoms with Crippen LogP contribution in [0.1, 0.15) is 19.8 Å². The lowest BCUT2D eigenvalue weighted by Gasteiger charge is -2.06. The molecule has 10 heteroatoms. The third kappa shape index (κ3) is 4.78. The number of nitrogens with zero attached hydrogens (tertiary/aromatic N) is 2. The number of thioether (sulfide) groups is 1. The molecule has 0 radical (unpaired) electrons. The summed E-state index contributed by atoms with van der Waals surface area (Å²) in [7, 11) is 0. The molecule has 27 heavy (non-hydrogen) atoms. The molecule has 0 spiro atoms. The third-order valence-corrected chi connectivity index (χ3v) is 6.19. The lowest BCUT2D eigenvalue weighted by Crippen LogP contribution is -2.26. The van der Waals surface area contributed by atoms with Gasteiger partial charge in [0.15, 0.2) is 14.8 Å². The summed E-state index contributed by atoms with van der Waals surface area (Å²) in [5, 5.41) is 3.84. The Bertz CT molecular complexity index is 1070. The SMILES string of the molecule is CCCCNC(=O)CSc1nc2c(sc(=S)n2-c2ccc(Cl)cc2)c(=O)[nH]1. The van der Waals surface area contributed by atoms with Crippen molar-refractivity contribution < 1.29 is 4.79 Å². The molecule has 0 saturated heterocycles. The highest BCUT2D eigenvalue weighted by Crippen LogP contribution is 2.25. The topological polar surface area (TPSA) is 79.8 Å². The highest BCUT2D eigenvalue weighted by molar-refractivity contribution is 7.99. The van der Waals surface area contributed by atoms with Crippen LogP contribution in [0.3, 0.4) is 0 Å². The molecule has 6 nitrogen and oxygen atoms in total. The predicted molar refractivity (Wildman–Crippen MR) is 114 cm³/mol. The standard InChI is InChI=1S/C17H17ClN4O2S3/c1-2-3-8-19-12(23)9-26-16-20-14-13(15(24)21-16)27-17(25)22(14)11-6-4-10(18)5-7-11/h4-7H,2-3,8-9H2,1H3,(H,19,23)(H,20,21,24). The molecule has 1 amide bonds. The number of unbranched alkanes of at least 4 members (excludes halogenated alkanes) is 1. The van der Waals surface area contributed by atoms with Crippen molar-refractivity contribution in [1.29, 1.82) is 0 Å². The van der Waals surface area contributed by atoms with E-state index in [9.17, 15) is 9.59 Å². The average Bonchev–Trinajstić information content (AvgIpc) is 2.98. The zero-order chi connectivity index (χ0) is 19.4. The van der Waals surface area contributed by atoms with Crippen LogP contribution >= 0.6 is 46.9 Å². The summed E-state index contributed by atoms with van der Waals surface area (Å²) in [5.74, 6) is 0.0975. The van der Waals surface area contributed by atoms with E-state index in [0.29, 0.717) is 31.0 Å². The van der Waals surface area contributed by atoms with Gasteiger partial charge in [0.25, 0.3) is 5.56 Å². The molecule has 1 aromatic carbocycles. The van der Waals surface area contributed by atoms with Crippen LogP contribution in [0.4, 0.5) is 0 Å². The Morgan fingerprint density at radius 2 is 2.15 bits per heavy atom. The van der Waals surface area contributed by atoms with E-state index in [-0.39, 0.29) is 17.2 Å². The molecule has 0 atom stereocenters. The first-order valence-corrected chi connectivity index (χ1v) is 10.9. The molecule has 142 valence electrons. The fourth-order valence-electron chi connectivity index (χ4n) is 2.37. The van der Waals surface area contributed by atoms with E-state index in [2.05, 4.69) is 22.2 Å². The molecule has 0 saturated carbocycles. The number of aromatic nitrogens is 3. The van der Waals surface area contributed by atoms with Gasteiger partial charge in [-0.1, -0.05) is 48.0 Å². The zero-order valence-corrected chi connectivity index (χ0v) is 17.7. The second-order valence-electron chi connectivity index (χ2n) is 5.70. The van der Waals surface area contributed by atoms with Crippen molar-refractivity contribution in [3.63, 3.8) is 0 Å². The van der Waals surface area contributed by atoms with Crippen LogP contribution in [0.15, 0.2) is 34.2 Å². The van der Waals surface area contributed by atoms with Crippen LogP contribution < -0.4 is 10.9 Å². The maximum Gasteiger partial charge on any atom is 0.271 e. The molecular weight excluding hydrogens is 424 g/mol. The number of carbonyl (C=O) groups excluding carboxylic acids is 1. The van der Waals surface area contributed by atoms with Crippen LogP contribution in [-0.4, -0.2) is 32.7 Å². The van der Waals surface area contributed by atoms with E-state index >= 15 is 0 Å². The predicted octanol–water partition coefficient (Wildman–Crippen LogP) is 4.17. The quantitative estimate of drug-likeness (QED) is 0.249. The van der Waals surface area contributed by atoms with Gasteiger partial charge in [-0.3, -0.25) is 14.2 Å². The van der Waals surface area contributed by atoms with Crippen LogP contribution in [0.25, 0.3) is 16.0 Å². The fraction of sp³-hybridized carbons (Fsp3) is 0.294. The number of hydrogen-bond acceptors (Lipinski definition) is 6. The molecule has 0 aliphatic carbocycles. The summed E-state index contributed by atoms with van der Waals surface area (Å²) in [5.41, 5.74) is 0.990. The van der Waals surface area contributed by atoms with Crippen molar-refractivity contribution in [3.05, 3.63) is 43.6 Å². The summed E-state index contributed by atoms with van der Waals surface area (Å²) in [6, 6.07) is 7.15.